The molecule has 0 bridgehead atoms. The number of aryl methyl sites for hydroxylation is 1. The van der Waals surface area contributed by atoms with E-state index in [4.69, 9.17) is 23.2 Å². The van der Waals surface area contributed by atoms with Crippen molar-refractivity contribution in [1.82, 2.24) is 14.4 Å². The Hall–Kier alpha value is -2.80. The van der Waals surface area contributed by atoms with E-state index in [1.165, 1.54) is 11.0 Å². The van der Waals surface area contributed by atoms with Gasteiger partial charge in [0, 0.05) is 48.4 Å². The number of ketones is 1. The Morgan fingerprint density at radius 1 is 1.09 bits per heavy atom. The van der Waals surface area contributed by atoms with E-state index in [1.54, 1.807) is 12.1 Å². The molecule has 4 rings (SSSR count). The van der Waals surface area contributed by atoms with Crippen LogP contribution in [0.25, 0.3) is 16.7 Å². The molecule has 0 radical (unpaired) electrons. The molecule has 1 aliphatic rings. The van der Waals surface area contributed by atoms with E-state index < -0.39 is 17.7 Å². The summed E-state index contributed by atoms with van der Waals surface area (Å²) in [6, 6.07) is 11.7. The van der Waals surface area contributed by atoms with Crippen molar-refractivity contribution >= 4 is 51.6 Å². The molecule has 6 nitrogen and oxygen atoms in total. The van der Waals surface area contributed by atoms with Crippen molar-refractivity contribution in [3.05, 3.63) is 75.4 Å². The number of nitrogens with zero attached hydrogens (tertiary/aromatic N) is 3. The van der Waals surface area contributed by atoms with Gasteiger partial charge < -0.3 is 19.5 Å². The second kappa shape index (κ2) is 8.62. The maximum Gasteiger partial charge on any atom is 0.295 e. The number of benzene rings is 2. The summed E-state index contributed by atoms with van der Waals surface area (Å²) in [4.78, 5) is 29.7. The molecule has 1 saturated heterocycles. The molecule has 1 atom stereocenters. The molecule has 1 N–H and O–H groups in total. The first kappa shape index (κ1) is 22.4. The zero-order chi connectivity index (χ0) is 23.2. The Balaban J connectivity index is 1.95. The number of fused-ring (bicyclic) bond motifs is 1. The minimum atomic E-state index is -0.726. The Morgan fingerprint density at radius 3 is 2.50 bits per heavy atom. The molecule has 1 amide bonds. The van der Waals surface area contributed by atoms with Gasteiger partial charge in [0.15, 0.2) is 0 Å². The van der Waals surface area contributed by atoms with Crippen molar-refractivity contribution in [1.29, 1.82) is 0 Å². The highest BCUT2D eigenvalue weighted by Gasteiger charge is 2.46. The average Bonchev–Trinajstić information content (AvgIpc) is 3.22. The van der Waals surface area contributed by atoms with Gasteiger partial charge >= 0.3 is 0 Å². The Bertz CT molecular complexity index is 1260. The average molecular weight is 472 g/mol. The van der Waals surface area contributed by atoms with Crippen LogP contribution in [0.5, 0.6) is 0 Å². The van der Waals surface area contributed by atoms with Gasteiger partial charge in [0.25, 0.3) is 11.7 Å². The zero-order valence-electron chi connectivity index (χ0n) is 18.0. The summed E-state index contributed by atoms with van der Waals surface area (Å²) < 4.78 is 1.95. The molecule has 2 aromatic carbocycles. The van der Waals surface area contributed by atoms with Gasteiger partial charge in [-0.2, -0.15) is 0 Å². The monoisotopic (exact) mass is 471 g/mol. The third kappa shape index (κ3) is 3.79. The van der Waals surface area contributed by atoms with Gasteiger partial charge in [-0.15, -0.1) is 0 Å². The number of amides is 1. The SMILES string of the molecule is CN(C)CCN1C(=O)C(=O)/C(=C(/O)c2ccc(Cl)c(Cl)c2)C1c1cn(C)c2ccccc12. The van der Waals surface area contributed by atoms with E-state index in [0.717, 1.165) is 16.5 Å². The van der Waals surface area contributed by atoms with Gasteiger partial charge in [-0.1, -0.05) is 41.4 Å². The first-order valence-corrected chi connectivity index (χ1v) is 10.9. The number of aliphatic hydroxyl groups is 1. The second-order valence-corrected chi connectivity index (χ2v) is 8.95. The van der Waals surface area contributed by atoms with Crippen LogP contribution in [0, 0.1) is 0 Å². The van der Waals surface area contributed by atoms with E-state index in [2.05, 4.69) is 0 Å². The summed E-state index contributed by atoms with van der Waals surface area (Å²) in [5.74, 6) is -1.62. The molecule has 166 valence electrons. The molecule has 1 aromatic heterocycles. The predicted octanol–water partition coefficient (Wildman–Crippen LogP) is 4.47. The van der Waals surface area contributed by atoms with Gasteiger partial charge in [0.2, 0.25) is 0 Å². The molecule has 1 unspecified atom stereocenters. The van der Waals surface area contributed by atoms with E-state index in [-0.39, 0.29) is 16.4 Å². The molecule has 3 aromatic rings. The minimum absolute atomic E-state index is 0.0449. The number of rotatable bonds is 5. The molecule has 0 aliphatic carbocycles. The molecular formula is C24H23Cl2N3O3. The van der Waals surface area contributed by atoms with Crippen molar-refractivity contribution in [2.24, 2.45) is 7.05 Å². The quantitative estimate of drug-likeness (QED) is 0.338. The topological polar surface area (TPSA) is 65.8 Å². The van der Waals surface area contributed by atoms with Crippen molar-refractivity contribution in [2.75, 3.05) is 27.2 Å². The largest absolute Gasteiger partial charge is 0.507 e. The van der Waals surface area contributed by atoms with Crippen LogP contribution >= 0.6 is 23.2 Å². The maximum atomic E-state index is 13.2. The van der Waals surface area contributed by atoms with Crippen LogP contribution in [0.15, 0.2) is 54.2 Å². The van der Waals surface area contributed by atoms with Gasteiger partial charge in [-0.3, -0.25) is 9.59 Å². The fourth-order valence-electron chi connectivity index (χ4n) is 4.13. The lowest BCUT2D eigenvalue weighted by Gasteiger charge is -2.26. The molecule has 32 heavy (non-hydrogen) atoms. The number of para-hydroxylation sites is 1. The molecule has 8 heteroatoms. The van der Waals surface area contributed by atoms with Crippen LogP contribution in [0.2, 0.25) is 10.0 Å². The predicted molar refractivity (Wildman–Crippen MR) is 127 cm³/mol. The molecule has 2 heterocycles. The van der Waals surface area contributed by atoms with Crippen LogP contribution in [-0.4, -0.2) is 58.3 Å². The number of aliphatic hydroxyl groups excluding tert-OH is 1. The summed E-state index contributed by atoms with van der Waals surface area (Å²) in [7, 11) is 5.72. The van der Waals surface area contributed by atoms with Crippen LogP contribution in [0.4, 0.5) is 0 Å². The van der Waals surface area contributed by atoms with Crippen molar-refractivity contribution in [3.8, 4) is 0 Å². The van der Waals surface area contributed by atoms with Crippen molar-refractivity contribution in [3.63, 3.8) is 0 Å². The molecule has 1 fully saturated rings. The normalized spacial score (nSPS) is 18.3. The highest BCUT2D eigenvalue weighted by Crippen LogP contribution is 2.42. The Labute approximate surface area is 196 Å². The third-order valence-corrected chi connectivity index (χ3v) is 6.48. The van der Waals surface area contributed by atoms with E-state index >= 15 is 0 Å². The van der Waals surface area contributed by atoms with Crippen LogP contribution in [-0.2, 0) is 16.6 Å². The van der Waals surface area contributed by atoms with E-state index in [1.807, 2.05) is 61.1 Å². The van der Waals surface area contributed by atoms with Crippen molar-refractivity contribution in [2.45, 2.75) is 6.04 Å². The second-order valence-electron chi connectivity index (χ2n) is 8.14. The summed E-state index contributed by atoms with van der Waals surface area (Å²) in [6.45, 7) is 0.907. The number of likely N-dealkylation sites (N-methyl/N-ethyl adjacent to an activating group) is 1. The lowest BCUT2D eigenvalue weighted by atomic mass is 9.95. The first-order valence-electron chi connectivity index (χ1n) is 10.1. The first-order chi connectivity index (χ1) is 15.2. The van der Waals surface area contributed by atoms with Gasteiger partial charge in [-0.25, -0.2) is 0 Å². The number of carbonyl (C=O) groups excluding carboxylic acids is 2. The Kier molecular flexibility index (Phi) is 6.03. The fraction of sp³-hybridized carbons (Fsp3) is 0.250. The molecule has 0 spiro atoms. The lowest BCUT2D eigenvalue weighted by Crippen LogP contribution is -2.35. The summed E-state index contributed by atoms with van der Waals surface area (Å²) >= 11 is 12.2. The fourth-order valence-corrected chi connectivity index (χ4v) is 4.43. The van der Waals surface area contributed by atoms with Crippen LogP contribution < -0.4 is 0 Å². The molecule has 1 aliphatic heterocycles. The number of halogens is 2. The number of likely N-dealkylation sites (tertiary alicyclic amines) is 1. The van der Waals surface area contributed by atoms with Crippen LogP contribution in [0.3, 0.4) is 0 Å². The molecule has 0 saturated carbocycles. The number of aromatic nitrogens is 1. The lowest BCUT2D eigenvalue weighted by molar-refractivity contribution is -0.140. The van der Waals surface area contributed by atoms with Gasteiger partial charge in [0.05, 0.1) is 21.7 Å². The highest BCUT2D eigenvalue weighted by atomic mass is 35.5. The number of hydrogen-bond donors (Lipinski definition) is 1. The van der Waals surface area contributed by atoms with Gasteiger partial charge in [0.1, 0.15) is 5.76 Å². The van der Waals surface area contributed by atoms with E-state index in [9.17, 15) is 14.7 Å². The maximum absolute atomic E-state index is 13.2. The Morgan fingerprint density at radius 2 is 1.81 bits per heavy atom. The third-order valence-electron chi connectivity index (χ3n) is 5.74. The molecular weight excluding hydrogens is 449 g/mol. The van der Waals surface area contributed by atoms with Crippen LogP contribution in [0.1, 0.15) is 17.2 Å². The smallest absolute Gasteiger partial charge is 0.295 e. The number of carbonyl (C=O) groups is 2. The standard InChI is InChI=1S/C24H23Cl2N3O3/c1-27(2)10-11-29-21(16-13-28(3)19-7-5-4-6-15(16)19)20(23(31)24(29)32)22(30)14-8-9-17(25)18(26)12-14/h4-9,12-13,21,30H,10-11H2,1-3H3/b22-20+. The van der Waals surface area contributed by atoms with Gasteiger partial charge in [-0.05, 0) is 38.4 Å². The number of Topliss-reactive ketones (excluding diaryl/α,β-unsaturated/α-hetero) is 1. The minimum Gasteiger partial charge on any atom is -0.507 e. The van der Waals surface area contributed by atoms with E-state index in [0.29, 0.717) is 23.7 Å². The highest BCUT2D eigenvalue weighted by molar-refractivity contribution is 6.47. The van der Waals surface area contributed by atoms with Crippen molar-refractivity contribution < 1.29 is 14.7 Å². The summed E-state index contributed by atoms with van der Waals surface area (Å²) in [5, 5.41) is 12.7. The number of hydrogen-bond acceptors (Lipinski definition) is 4. The zero-order valence-corrected chi connectivity index (χ0v) is 19.5. The summed E-state index contributed by atoms with van der Waals surface area (Å²) in [5.41, 5.74) is 2.12. The summed E-state index contributed by atoms with van der Waals surface area (Å²) in [6.07, 6.45) is 1.91.